The Bertz CT molecular complexity index is 382. The fourth-order valence-corrected chi connectivity index (χ4v) is 1.69. The van der Waals surface area contributed by atoms with Crippen molar-refractivity contribution in [1.82, 2.24) is 5.32 Å². The number of carbonyl (C=O) groups excluding carboxylic acids is 3. The molecule has 7 nitrogen and oxygen atoms in total. The standard InChI is InChI=1S/C11H15NO6/c1-16-9(13)7-5-4-6(12-7)8(10(14)17-2)11(15)18-3/h7,12H,4-5H2,1-3H3. The Balaban J connectivity index is 2.98. The maximum atomic E-state index is 11.5. The van der Waals surface area contributed by atoms with Crippen molar-refractivity contribution in [3.8, 4) is 0 Å². The smallest absolute Gasteiger partial charge is 0.347 e. The molecule has 7 heteroatoms. The fraction of sp³-hybridized carbons (Fsp3) is 0.545. The van der Waals surface area contributed by atoms with Crippen molar-refractivity contribution in [2.24, 2.45) is 0 Å². The summed E-state index contributed by atoms with van der Waals surface area (Å²) >= 11 is 0. The Labute approximate surface area is 104 Å². The van der Waals surface area contributed by atoms with Crippen LogP contribution in [0.4, 0.5) is 0 Å². The molecule has 1 rings (SSSR count). The number of hydrogen-bond donors (Lipinski definition) is 1. The van der Waals surface area contributed by atoms with E-state index in [1.165, 1.54) is 21.3 Å². The molecule has 1 atom stereocenters. The molecule has 1 fully saturated rings. The van der Waals surface area contributed by atoms with E-state index in [0.717, 1.165) is 0 Å². The Hall–Kier alpha value is -2.05. The average Bonchev–Trinajstić information content (AvgIpc) is 2.86. The monoisotopic (exact) mass is 257 g/mol. The van der Waals surface area contributed by atoms with Gasteiger partial charge in [0.1, 0.15) is 6.04 Å². The number of esters is 3. The van der Waals surface area contributed by atoms with Crippen LogP contribution in [0.2, 0.25) is 0 Å². The van der Waals surface area contributed by atoms with Crippen LogP contribution in [0.5, 0.6) is 0 Å². The van der Waals surface area contributed by atoms with Gasteiger partial charge in [-0.3, -0.25) is 0 Å². The molecule has 1 N–H and O–H groups in total. The highest BCUT2D eigenvalue weighted by molar-refractivity contribution is 6.14. The first-order valence-corrected chi connectivity index (χ1v) is 5.29. The number of methoxy groups -OCH3 is 3. The molecule has 1 unspecified atom stereocenters. The minimum Gasteiger partial charge on any atom is -0.467 e. The maximum absolute atomic E-state index is 11.5. The molecule has 0 saturated carbocycles. The average molecular weight is 257 g/mol. The van der Waals surface area contributed by atoms with Gasteiger partial charge in [-0.05, 0) is 12.8 Å². The van der Waals surface area contributed by atoms with Crippen molar-refractivity contribution in [3.63, 3.8) is 0 Å². The summed E-state index contributed by atoms with van der Waals surface area (Å²) < 4.78 is 13.6. The summed E-state index contributed by atoms with van der Waals surface area (Å²) in [5.41, 5.74) is 0.121. The van der Waals surface area contributed by atoms with E-state index < -0.39 is 23.9 Å². The van der Waals surface area contributed by atoms with Crippen LogP contribution in [-0.4, -0.2) is 45.3 Å². The minimum absolute atomic E-state index is 0.216. The van der Waals surface area contributed by atoms with Gasteiger partial charge in [-0.15, -0.1) is 0 Å². The summed E-state index contributed by atoms with van der Waals surface area (Å²) in [5, 5.41) is 2.78. The summed E-state index contributed by atoms with van der Waals surface area (Å²) in [6.45, 7) is 0. The number of carbonyl (C=O) groups is 3. The lowest BCUT2D eigenvalue weighted by Crippen LogP contribution is -2.32. The molecule has 100 valence electrons. The minimum atomic E-state index is -0.796. The molecule has 0 spiro atoms. The molecular weight excluding hydrogens is 242 g/mol. The van der Waals surface area contributed by atoms with Crippen LogP contribution >= 0.6 is 0 Å². The zero-order valence-electron chi connectivity index (χ0n) is 10.4. The second kappa shape index (κ2) is 6.04. The zero-order chi connectivity index (χ0) is 13.7. The van der Waals surface area contributed by atoms with E-state index in [4.69, 9.17) is 0 Å². The Kier molecular flexibility index (Phi) is 4.70. The number of hydrogen-bond acceptors (Lipinski definition) is 7. The lowest BCUT2D eigenvalue weighted by molar-refractivity contribution is -0.145. The third-order valence-electron chi connectivity index (χ3n) is 2.60. The highest BCUT2D eigenvalue weighted by Crippen LogP contribution is 2.21. The molecule has 0 aliphatic carbocycles. The van der Waals surface area contributed by atoms with Crippen molar-refractivity contribution >= 4 is 17.9 Å². The van der Waals surface area contributed by atoms with Crippen LogP contribution in [-0.2, 0) is 28.6 Å². The number of nitrogens with one attached hydrogen (secondary N) is 1. The molecule has 0 amide bonds. The van der Waals surface area contributed by atoms with E-state index in [0.29, 0.717) is 18.5 Å². The van der Waals surface area contributed by atoms with Crippen molar-refractivity contribution < 1.29 is 28.6 Å². The van der Waals surface area contributed by atoms with Crippen LogP contribution in [0.25, 0.3) is 0 Å². The Morgan fingerprint density at radius 1 is 1.06 bits per heavy atom. The third kappa shape index (κ3) is 2.79. The van der Waals surface area contributed by atoms with Crippen LogP contribution in [0.3, 0.4) is 0 Å². The van der Waals surface area contributed by atoms with Crippen molar-refractivity contribution in [1.29, 1.82) is 0 Å². The lowest BCUT2D eigenvalue weighted by atomic mass is 10.1. The number of ether oxygens (including phenoxy) is 3. The van der Waals surface area contributed by atoms with Gasteiger partial charge in [0.25, 0.3) is 0 Å². The lowest BCUT2D eigenvalue weighted by Gasteiger charge is -2.10. The van der Waals surface area contributed by atoms with Crippen molar-refractivity contribution in [2.75, 3.05) is 21.3 Å². The zero-order valence-corrected chi connectivity index (χ0v) is 10.4. The molecule has 0 aromatic carbocycles. The predicted octanol–water partition coefficient (Wildman–Crippen LogP) is -0.488. The molecule has 1 aliphatic rings. The highest BCUT2D eigenvalue weighted by Gasteiger charge is 2.33. The second-order valence-electron chi connectivity index (χ2n) is 3.60. The van der Waals surface area contributed by atoms with Gasteiger partial charge < -0.3 is 19.5 Å². The van der Waals surface area contributed by atoms with E-state index in [1.807, 2.05) is 0 Å². The van der Waals surface area contributed by atoms with Gasteiger partial charge in [-0.2, -0.15) is 0 Å². The molecule has 18 heavy (non-hydrogen) atoms. The van der Waals surface area contributed by atoms with Crippen LogP contribution in [0.15, 0.2) is 11.3 Å². The molecule has 1 heterocycles. The van der Waals surface area contributed by atoms with Gasteiger partial charge in [-0.25, -0.2) is 14.4 Å². The second-order valence-corrected chi connectivity index (χ2v) is 3.60. The van der Waals surface area contributed by atoms with E-state index in [1.54, 1.807) is 0 Å². The Morgan fingerprint density at radius 2 is 1.61 bits per heavy atom. The summed E-state index contributed by atoms with van der Waals surface area (Å²) in [4.78, 5) is 34.3. The first kappa shape index (κ1) is 14.0. The van der Waals surface area contributed by atoms with E-state index >= 15 is 0 Å². The van der Waals surface area contributed by atoms with E-state index in [-0.39, 0.29) is 5.57 Å². The molecular formula is C11H15NO6. The SMILES string of the molecule is COC(=O)C(C(=O)OC)=C1CCC(C(=O)OC)N1. The number of rotatable bonds is 3. The maximum Gasteiger partial charge on any atom is 0.347 e. The summed E-state index contributed by atoms with van der Waals surface area (Å²) in [5.74, 6) is -2.04. The van der Waals surface area contributed by atoms with Gasteiger partial charge in [0.2, 0.25) is 0 Å². The highest BCUT2D eigenvalue weighted by atomic mass is 16.5. The summed E-state index contributed by atoms with van der Waals surface area (Å²) in [6, 6.07) is -0.561. The van der Waals surface area contributed by atoms with Gasteiger partial charge in [0.15, 0.2) is 5.57 Å². The summed E-state index contributed by atoms with van der Waals surface area (Å²) in [6.07, 6.45) is 0.818. The van der Waals surface area contributed by atoms with Gasteiger partial charge >= 0.3 is 17.9 Å². The van der Waals surface area contributed by atoms with E-state index in [9.17, 15) is 14.4 Å². The van der Waals surface area contributed by atoms with Gasteiger partial charge in [0, 0.05) is 5.70 Å². The summed E-state index contributed by atoms with van der Waals surface area (Å²) in [7, 11) is 3.60. The molecule has 0 aromatic rings. The number of allylic oxidation sites excluding steroid dienone is 1. The largest absolute Gasteiger partial charge is 0.467 e. The first-order chi connectivity index (χ1) is 8.54. The van der Waals surface area contributed by atoms with Gasteiger partial charge in [-0.1, -0.05) is 0 Å². The first-order valence-electron chi connectivity index (χ1n) is 5.29. The van der Waals surface area contributed by atoms with Crippen LogP contribution in [0.1, 0.15) is 12.8 Å². The quantitative estimate of drug-likeness (QED) is 0.240. The van der Waals surface area contributed by atoms with Crippen molar-refractivity contribution in [2.45, 2.75) is 18.9 Å². The molecule has 1 saturated heterocycles. The third-order valence-corrected chi connectivity index (χ3v) is 2.60. The molecule has 0 bridgehead atoms. The molecule has 0 aromatic heterocycles. The van der Waals surface area contributed by atoms with Gasteiger partial charge in [0.05, 0.1) is 21.3 Å². The van der Waals surface area contributed by atoms with Crippen LogP contribution < -0.4 is 5.32 Å². The van der Waals surface area contributed by atoms with Crippen molar-refractivity contribution in [3.05, 3.63) is 11.3 Å². The van der Waals surface area contributed by atoms with Crippen LogP contribution in [0, 0.1) is 0 Å². The molecule has 0 radical (unpaired) electrons. The predicted molar refractivity (Wildman–Crippen MR) is 59.2 cm³/mol. The molecule has 1 aliphatic heterocycles. The normalized spacial score (nSPS) is 17.7. The topological polar surface area (TPSA) is 90.9 Å². The van der Waals surface area contributed by atoms with E-state index in [2.05, 4.69) is 19.5 Å². The fourth-order valence-electron chi connectivity index (χ4n) is 1.69. The Morgan fingerprint density at radius 3 is 2.06 bits per heavy atom.